The van der Waals surface area contributed by atoms with Crippen LogP contribution in [0.3, 0.4) is 0 Å². The number of benzene rings is 1. The van der Waals surface area contributed by atoms with Crippen molar-refractivity contribution >= 4 is 17.7 Å². The third kappa shape index (κ3) is 9.94. The van der Waals surface area contributed by atoms with E-state index in [9.17, 15) is 14.7 Å². The monoisotopic (exact) mass is 607 g/mol. The third-order valence-electron chi connectivity index (χ3n) is 8.28. The molecule has 2 aromatic rings. The molecule has 2 N–H and O–H groups in total. The Labute approximate surface area is 263 Å². The fraction of sp³-hybridized carbons (Fsp3) is 0.639. The average molecular weight is 608 g/mol. The van der Waals surface area contributed by atoms with Gasteiger partial charge in [-0.15, -0.1) is 0 Å². The highest BCUT2D eigenvalue weighted by Crippen LogP contribution is 2.34. The Kier molecular flexibility index (Phi) is 10.7. The molecular weight excluding hydrogens is 554 g/mol. The van der Waals surface area contributed by atoms with Crippen LogP contribution in [0.15, 0.2) is 30.3 Å². The summed E-state index contributed by atoms with van der Waals surface area (Å²) in [5.41, 5.74) is 4.21. The van der Waals surface area contributed by atoms with Gasteiger partial charge in [0.15, 0.2) is 0 Å². The number of pyridine rings is 1. The highest BCUT2D eigenvalue weighted by Gasteiger charge is 2.35. The van der Waals surface area contributed by atoms with Crippen LogP contribution >= 0.6 is 0 Å². The van der Waals surface area contributed by atoms with Gasteiger partial charge < -0.3 is 24.8 Å². The molecule has 0 saturated heterocycles. The number of nitrogens with one attached hydrogen (secondary N) is 1. The van der Waals surface area contributed by atoms with Gasteiger partial charge in [0.2, 0.25) is 5.91 Å². The molecule has 4 rings (SSSR count). The van der Waals surface area contributed by atoms with Crippen molar-refractivity contribution in [2.24, 2.45) is 22.2 Å². The molecule has 2 aliphatic heterocycles. The fourth-order valence-corrected chi connectivity index (χ4v) is 6.87. The summed E-state index contributed by atoms with van der Waals surface area (Å²) >= 11 is 0. The normalized spacial score (nSPS) is 17.4. The Morgan fingerprint density at radius 1 is 1.02 bits per heavy atom. The number of carbonyl (C=O) groups is 2. The van der Waals surface area contributed by atoms with Gasteiger partial charge in [-0.3, -0.25) is 9.59 Å². The van der Waals surface area contributed by atoms with E-state index in [1.54, 1.807) is 0 Å². The molecule has 1 atom stereocenters. The molecule has 1 amide bonds. The SMILES string of the molecule is CC(C)(C)CC(C)(C)COCC(C)(C)CN1Cc2cc(OCCc3ccc4c(n3)NCCC4)ccc2C[C@@H](CC(=O)O)C1=O. The summed E-state index contributed by atoms with van der Waals surface area (Å²) in [6.07, 6.45) is 4.15. The zero-order valence-corrected chi connectivity index (χ0v) is 27.9. The Hall–Kier alpha value is -3.13. The molecule has 0 bridgehead atoms. The lowest BCUT2D eigenvalue weighted by atomic mass is 9.77. The van der Waals surface area contributed by atoms with Gasteiger partial charge in [0, 0.05) is 37.2 Å². The number of aromatic nitrogens is 1. The second-order valence-electron chi connectivity index (χ2n) is 15.6. The van der Waals surface area contributed by atoms with E-state index in [0.717, 1.165) is 54.2 Å². The number of hydrogen-bond acceptors (Lipinski definition) is 6. The van der Waals surface area contributed by atoms with E-state index in [2.05, 4.69) is 65.9 Å². The summed E-state index contributed by atoms with van der Waals surface area (Å²) in [5.74, 6) is 0.0568. The van der Waals surface area contributed by atoms with Crippen LogP contribution in [0.4, 0.5) is 5.82 Å². The minimum absolute atomic E-state index is 0.0432. The second-order valence-corrected chi connectivity index (χ2v) is 15.6. The van der Waals surface area contributed by atoms with Crippen molar-refractivity contribution in [2.45, 2.75) is 93.5 Å². The van der Waals surface area contributed by atoms with Crippen LogP contribution in [-0.2, 0) is 40.1 Å². The van der Waals surface area contributed by atoms with Gasteiger partial charge in [-0.05, 0) is 71.4 Å². The van der Waals surface area contributed by atoms with E-state index >= 15 is 0 Å². The molecule has 242 valence electrons. The summed E-state index contributed by atoms with van der Waals surface area (Å²) in [6, 6.07) is 10.2. The average Bonchev–Trinajstić information content (AvgIpc) is 3.02. The largest absolute Gasteiger partial charge is 0.493 e. The number of nitrogens with zero attached hydrogens (tertiary/aromatic N) is 2. The zero-order chi connectivity index (χ0) is 32.1. The van der Waals surface area contributed by atoms with Gasteiger partial charge in [0.1, 0.15) is 11.6 Å². The first-order valence-corrected chi connectivity index (χ1v) is 16.1. The minimum Gasteiger partial charge on any atom is -0.493 e. The van der Waals surface area contributed by atoms with Crippen molar-refractivity contribution in [3.05, 3.63) is 52.7 Å². The predicted molar refractivity (Wildman–Crippen MR) is 174 cm³/mol. The van der Waals surface area contributed by atoms with Gasteiger partial charge in [-0.1, -0.05) is 60.6 Å². The summed E-state index contributed by atoms with van der Waals surface area (Å²) in [5, 5.41) is 13.0. The van der Waals surface area contributed by atoms with E-state index in [0.29, 0.717) is 45.8 Å². The number of carboxylic acids is 1. The molecular formula is C36H53N3O5. The molecule has 2 aliphatic rings. The predicted octanol–water partition coefficient (Wildman–Crippen LogP) is 6.54. The number of amides is 1. The molecule has 0 unspecified atom stereocenters. The lowest BCUT2D eigenvalue weighted by Crippen LogP contribution is -2.43. The lowest BCUT2D eigenvalue weighted by molar-refractivity contribution is -0.145. The van der Waals surface area contributed by atoms with Gasteiger partial charge in [0.25, 0.3) is 0 Å². The Balaban J connectivity index is 1.42. The number of carboxylic acid groups (broad SMARTS) is 1. The topological polar surface area (TPSA) is 101 Å². The molecule has 8 nitrogen and oxygen atoms in total. The number of aryl methyl sites for hydroxylation is 1. The number of hydrogen-bond donors (Lipinski definition) is 2. The first kappa shape index (κ1) is 33.8. The Bertz CT molecular complexity index is 1310. The van der Waals surface area contributed by atoms with Gasteiger partial charge >= 0.3 is 5.97 Å². The molecule has 0 radical (unpaired) electrons. The maximum absolute atomic E-state index is 13.7. The van der Waals surface area contributed by atoms with Crippen molar-refractivity contribution in [1.29, 1.82) is 0 Å². The summed E-state index contributed by atoms with van der Waals surface area (Å²) in [4.78, 5) is 32.0. The number of anilines is 1. The quantitative estimate of drug-likeness (QED) is 0.267. The highest BCUT2D eigenvalue weighted by atomic mass is 16.5. The number of ether oxygens (including phenoxy) is 2. The molecule has 1 aromatic heterocycles. The fourth-order valence-electron chi connectivity index (χ4n) is 6.87. The molecule has 0 saturated carbocycles. The molecule has 1 aromatic carbocycles. The van der Waals surface area contributed by atoms with Gasteiger partial charge in [0.05, 0.1) is 32.2 Å². The molecule has 0 spiro atoms. The standard InChI is InChI=1S/C36H53N3O5/c1-34(2,3)21-35(4,5)23-43-24-36(6,7)22-39-20-28-18-30(13-11-26(28)17-27(33(39)42)19-31(40)41)44-16-14-29-12-10-25-9-8-15-37-32(25)38-29/h10-13,18,27H,8-9,14-17,19-24H2,1-7H3,(H,37,38)(H,40,41)/t27-/m0/s1. The van der Waals surface area contributed by atoms with Crippen molar-refractivity contribution in [1.82, 2.24) is 9.88 Å². The summed E-state index contributed by atoms with van der Waals surface area (Å²) in [7, 11) is 0. The molecule has 8 heteroatoms. The van der Waals surface area contributed by atoms with Crippen LogP contribution in [0.1, 0.15) is 90.1 Å². The van der Waals surface area contributed by atoms with Crippen molar-refractivity contribution in [3.63, 3.8) is 0 Å². The van der Waals surface area contributed by atoms with E-state index in [4.69, 9.17) is 14.5 Å². The molecule has 0 aliphatic carbocycles. The highest BCUT2D eigenvalue weighted by molar-refractivity contribution is 5.84. The number of aliphatic carboxylic acids is 1. The number of rotatable bonds is 13. The van der Waals surface area contributed by atoms with Crippen LogP contribution in [0.2, 0.25) is 0 Å². The van der Waals surface area contributed by atoms with Crippen LogP contribution < -0.4 is 10.1 Å². The van der Waals surface area contributed by atoms with Gasteiger partial charge in [-0.2, -0.15) is 0 Å². The first-order valence-electron chi connectivity index (χ1n) is 16.1. The Morgan fingerprint density at radius 2 is 1.75 bits per heavy atom. The first-order chi connectivity index (χ1) is 20.6. The zero-order valence-electron chi connectivity index (χ0n) is 27.9. The molecule has 3 heterocycles. The smallest absolute Gasteiger partial charge is 0.304 e. The number of carbonyl (C=O) groups excluding carboxylic acids is 1. The van der Waals surface area contributed by atoms with Crippen molar-refractivity contribution in [2.75, 3.05) is 38.2 Å². The maximum atomic E-state index is 13.7. The van der Waals surface area contributed by atoms with Crippen molar-refractivity contribution < 1.29 is 24.2 Å². The van der Waals surface area contributed by atoms with E-state index < -0.39 is 11.9 Å². The van der Waals surface area contributed by atoms with Crippen LogP contribution in [0.5, 0.6) is 5.75 Å². The molecule has 0 fully saturated rings. The third-order valence-corrected chi connectivity index (χ3v) is 8.28. The molecule has 44 heavy (non-hydrogen) atoms. The minimum atomic E-state index is -0.957. The van der Waals surface area contributed by atoms with Crippen LogP contribution in [-0.4, -0.2) is 59.8 Å². The van der Waals surface area contributed by atoms with Crippen LogP contribution in [0.25, 0.3) is 0 Å². The lowest BCUT2D eigenvalue weighted by Gasteiger charge is -2.36. The summed E-state index contributed by atoms with van der Waals surface area (Å²) in [6.45, 7) is 18.9. The van der Waals surface area contributed by atoms with E-state index in [1.807, 2.05) is 23.1 Å². The Morgan fingerprint density at radius 3 is 2.48 bits per heavy atom. The second kappa shape index (κ2) is 13.9. The van der Waals surface area contributed by atoms with E-state index in [-0.39, 0.29) is 28.6 Å². The summed E-state index contributed by atoms with van der Waals surface area (Å²) < 4.78 is 12.4. The van der Waals surface area contributed by atoms with Gasteiger partial charge in [-0.25, -0.2) is 4.98 Å². The maximum Gasteiger partial charge on any atom is 0.304 e. The van der Waals surface area contributed by atoms with E-state index in [1.165, 1.54) is 5.56 Å². The van der Waals surface area contributed by atoms with Crippen LogP contribution in [0, 0.1) is 22.2 Å². The number of fused-ring (bicyclic) bond motifs is 2. The van der Waals surface area contributed by atoms with Crippen molar-refractivity contribution in [3.8, 4) is 5.75 Å².